The molecule has 2 rings (SSSR count). The van der Waals surface area contributed by atoms with Crippen LogP contribution in [0.5, 0.6) is 0 Å². The molecule has 0 fully saturated rings. The molecule has 17 heavy (non-hydrogen) atoms. The molecule has 0 aliphatic carbocycles. The molecule has 0 radical (unpaired) electrons. The van der Waals surface area contributed by atoms with Gasteiger partial charge in [0.2, 0.25) is 0 Å². The summed E-state index contributed by atoms with van der Waals surface area (Å²) < 4.78 is 5.39. The van der Waals surface area contributed by atoms with Crippen molar-refractivity contribution in [2.24, 2.45) is 0 Å². The van der Waals surface area contributed by atoms with Gasteiger partial charge in [-0.3, -0.25) is 0 Å². The van der Waals surface area contributed by atoms with Gasteiger partial charge in [-0.1, -0.05) is 23.7 Å². The smallest absolute Gasteiger partial charge is 0.120 e. The van der Waals surface area contributed by atoms with Gasteiger partial charge in [-0.15, -0.1) is 0 Å². The largest absolute Gasteiger partial charge is 0.468 e. The van der Waals surface area contributed by atoms with E-state index in [0.29, 0.717) is 0 Å². The first-order valence-corrected chi connectivity index (χ1v) is 6.06. The lowest BCUT2D eigenvalue weighted by Crippen LogP contribution is -2.18. The molecule has 1 aromatic heterocycles. The lowest BCUT2D eigenvalue weighted by molar-refractivity contribution is 0.458. The highest BCUT2D eigenvalue weighted by Gasteiger charge is 2.07. The highest BCUT2D eigenvalue weighted by atomic mass is 35.5. The van der Waals surface area contributed by atoms with Gasteiger partial charge < -0.3 is 9.73 Å². The lowest BCUT2D eigenvalue weighted by atomic mass is 10.1. The summed E-state index contributed by atoms with van der Waals surface area (Å²) in [6, 6.07) is 10.1. The molecular formula is C14H16ClNO. The van der Waals surface area contributed by atoms with Gasteiger partial charge in [-0.2, -0.15) is 0 Å². The number of benzene rings is 1. The third kappa shape index (κ3) is 3.11. The Morgan fingerprint density at radius 2 is 1.94 bits per heavy atom. The Hall–Kier alpha value is -1.25. The van der Waals surface area contributed by atoms with Crippen molar-refractivity contribution in [2.45, 2.75) is 26.4 Å². The zero-order valence-electron chi connectivity index (χ0n) is 10.0. The predicted molar refractivity (Wildman–Crippen MR) is 70.2 cm³/mol. The Balaban J connectivity index is 1.95. The molecule has 0 bridgehead atoms. The van der Waals surface area contributed by atoms with Crippen LogP contribution in [0.15, 0.2) is 41.0 Å². The summed E-state index contributed by atoms with van der Waals surface area (Å²) in [6.07, 6.45) is 1.72. The fraction of sp³-hybridized carbons (Fsp3) is 0.286. The van der Waals surface area contributed by atoms with E-state index in [-0.39, 0.29) is 6.04 Å². The fourth-order valence-corrected chi connectivity index (χ4v) is 1.83. The van der Waals surface area contributed by atoms with Crippen molar-refractivity contribution < 1.29 is 4.42 Å². The topological polar surface area (TPSA) is 25.2 Å². The highest BCUT2D eigenvalue weighted by molar-refractivity contribution is 6.30. The predicted octanol–water partition coefficient (Wildman–Crippen LogP) is 4.09. The van der Waals surface area contributed by atoms with E-state index in [2.05, 4.69) is 12.2 Å². The Morgan fingerprint density at radius 3 is 2.53 bits per heavy atom. The van der Waals surface area contributed by atoms with E-state index >= 15 is 0 Å². The molecular weight excluding hydrogens is 234 g/mol. The minimum absolute atomic E-state index is 0.275. The van der Waals surface area contributed by atoms with Crippen LogP contribution < -0.4 is 5.32 Å². The third-order valence-electron chi connectivity index (χ3n) is 2.91. The molecule has 0 saturated heterocycles. The first-order chi connectivity index (χ1) is 8.16. The SMILES string of the molecule is Cc1ccoc1CNC(C)c1ccc(Cl)cc1. The van der Waals surface area contributed by atoms with E-state index in [1.807, 2.05) is 37.3 Å². The van der Waals surface area contributed by atoms with Crippen molar-refractivity contribution in [3.05, 3.63) is 58.5 Å². The molecule has 1 aromatic carbocycles. The van der Waals surface area contributed by atoms with E-state index in [9.17, 15) is 0 Å². The molecule has 1 atom stereocenters. The molecule has 0 saturated carbocycles. The van der Waals surface area contributed by atoms with Gasteiger partial charge in [0, 0.05) is 11.1 Å². The molecule has 0 amide bonds. The maximum Gasteiger partial charge on any atom is 0.120 e. The molecule has 0 aliphatic heterocycles. The van der Waals surface area contributed by atoms with Crippen molar-refractivity contribution >= 4 is 11.6 Å². The second-order valence-corrected chi connectivity index (χ2v) is 4.62. The van der Waals surface area contributed by atoms with Crippen LogP contribution in [-0.2, 0) is 6.54 Å². The van der Waals surface area contributed by atoms with Gasteiger partial charge in [0.25, 0.3) is 0 Å². The van der Waals surface area contributed by atoms with E-state index < -0.39 is 0 Å². The monoisotopic (exact) mass is 249 g/mol. The summed E-state index contributed by atoms with van der Waals surface area (Å²) in [5, 5.41) is 4.19. The summed E-state index contributed by atoms with van der Waals surface area (Å²) in [4.78, 5) is 0. The number of nitrogens with one attached hydrogen (secondary N) is 1. The zero-order chi connectivity index (χ0) is 12.3. The van der Waals surface area contributed by atoms with Crippen LogP contribution in [0.1, 0.15) is 29.9 Å². The van der Waals surface area contributed by atoms with Gasteiger partial charge in [-0.25, -0.2) is 0 Å². The second kappa shape index (κ2) is 5.39. The standard InChI is InChI=1S/C14H16ClNO/c1-10-7-8-17-14(10)9-16-11(2)12-3-5-13(15)6-4-12/h3-8,11,16H,9H2,1-2H3. The summed E-state index contributed by atoms with van der Waals surface area (Å²) in [6.45, 7) is 4.91. The first kappa shape index (κ1) is 12.2. The van der Waals surface area contributed by atoms with Crippen LogP contribution in [0.3, 0.4) is 0 Å². The van der Waals surface area contributed by atoms with Crippen molar-refractivity contribution in [3.63, 3.8) is 0 Å². The Kier molecular flexibility index (Phi) is 3.87. The molecule has 1 N–H and O–H groups in total. The molecule has 1 unspecified atom stereocenters. The number of furan rings is 1. The van der Waals surface area contributed by atoms with E-state index in [0.717, 1.165) is 17.3 Å². The Bertz CT molecular complexity index is 475. The second-order valence-electron chi connectivity index (χ2n) is 4.18. The minimum atomic E-state index is 0.275. The maximum absolute atomic E-state index is 5.86. The lowest BCUT2D eigenvalue weighted by Gasteiger charge is -2.13. The molecule has 0 aliphatic rings. The molecule has 3 heteroatoms. The Labute approximate surface area is 107 Å². The summed E-state index contributed by atoms with van der Waals surface area (Å²) >= 11 is 5.86. The third-order valence-corrected chi connectivity index (χ3v) is 3.16. The van der Waals surface area contributed by atoms with Crippen LogP contribution in [0, 0.1) is 6.92 Å². The van der Waals surface area contributed by atoms with E-state index in [1.54, 1.807) is 6.26 Å². The van der Waals surface area contributed by atoms with Gasteiger partial charge in [0.05, 0.1) is 12.8 Å². The Morgan fingerprint density at radius 1 is 1.24 bits per heavy atom. The minimum Gasteiger partial charge on any atom is -0.468 e. The fourth-order valence-electron chi connectivity index (χ4n) is 1.70. The first-order valence-electron chi connectivity index (χ1n) is 5.68. The quantitative estimate of drug-likeness (QED) is 0.883. The van der Waals surface area contributed by atoms with Crippen LogP contribution in [-0.4, -0.2) is 0 Å². The van der Waals surface area contributed by atoms with Crippen LogP contribution >= 0.6 is 11.6 Å². The van der Waals surface area contributed by atoms with E-state index in [4.69, 9.17) is 16.0 Å². The number of halogens is 1. The van der Waals surface area contributed by atoms with Crippen molar-refractivity contribution in [1.82, 2.24) is 5.32 Å². The molecule has 2 aromatic rings. The zero-order valence-corrected chi connectivity index (χ0v) is 10.8. The number of hydrogen-bond acceptors (Lipinski definition) is 2. The van der Waals surface area contributed by atoms with Gasteiger partial charge in [0.15, 0.2) is 0 Å². The van der Waals surface area contributed by atoms with Crippen molar-refractivity contribution in [1.29, 1.82) is 0 Å². The molecule has 2 nitrogen and oxygen atoms in total. The number of hydrogen-bond donors (Lipinski definition) is 1. The molecule has 90 valence electrons. The van der Waals surface area contributed by atoms with Crippen molar-refractivity contribution in [3.8, 4) is 0 Å². The van der Waals surface area contributed by atoms with Gasteiger partial charge >= 0.3 is 0 Å². The molecule has 1 heterocycles. The average Bonchev–Trinajstić information content (AvgIpc) is 2.73. The van der Waals surface area contributed by atoms with Gasteiger partial charge in [-0.05, 0) is 43.2 Å². The van der Waals surface area contributed by atoms with Crippen LogP contribution in [0.4, 0.5) is 0 Å². The van der Waals surface area contributed by atoms with Crippen LogP contribution in [0.2, 0.25) is 5.02 Å². The maximum atomic E-state index is 5.86. The number of rotatable bonds is 4. The molecule has 0 spiro atoms. The van der Waals surface area contributed by atoms with Gasteiger partial charge in [0.1, 0.15) is 5.76 Å². The summed E-state index contributed by atoms with van der Waals surface area (Å²) in [5.41, 5.74) is 2.40. The summed E-state index contributed by atoms with van der Waals surface area (Å²) in [7, 11) is 0. The number of aryl methyl sites for hydroxylation is 1. The van der Waals surface area contributed by atoms with Crippen LogP contribution in [0.25, 0.3) is 0 Å². The van der Waals surface area contributed by atoms with E-state index in [1.165, 1.54) is 11.1 Å². The van der Waals surface area contributed by atoms with Crippen molar-refractivity contribution in [2.75, 3.05) is 0 Å². The summed E-state index contributed by atoms with van der Waals surface area (Å²) in [5.74, 6) is 0.991. The average molecular weight is 250 g/mol. The highest BCUT2D eigenvalue weighted by Crippen LogP contribution is 2.17. The normalized spacial score (nSPS) is 12.6.